The van der Waals surface area contributed by atoms with Crippen LogP contribution in [0.4, 0.5) is 0 Å². The van der Waals surface area contributed by atoms with Crippen molar-refractivity contribution >= 4 is 0 Å². The molecule has 0 aromatic heterocycles. The molecule has 0 bridgehead atoms. The van der Waals surface area contributed by atoms with E-state index in [1.54, 1.807) is 0 Å². The summed E-state index contributed by atoms with van der Waals surface area (Å²) in [6.45, 7) is 7.79. The Labute approximate surface area is 110 Å². The Bertz CT molecular complexity index is 343. The van der Waals surface area contributed by atoms with Crippen LogP contribution in [0.2, 0.25) is 0 Å². The van der Waals surface area contributed by atoms with Crippen LogP contribution in [0, 0.1) is 0 Å². The van der Waals surface area contributed by atoms with Gasteiger partial charge in [0.25, 0.3) is 0 Å². The monoisotopic (exact) mass is 245 g/mol. The van der Waals surface area contributed by atoms with Crippen molar-refractivity contribution in [3.8, 4) is 0 Å². The number of hydrogen-bond acceptors (Lipinski definition) is 2. The summed E-state index contributed by atoms with van der Waals surface area (Å²) in [5.74, 6) is 0. The maximum atomic E-state index is 5.39. The average Bonchev–Trinajstić information content (AvgIpc) is 2.46. The van der Waals surface area contributed by atoms with E-state index in [1.807, 2.05) is 0 Å². The number of nitrogens with zero attached hydrogens (tertiary/aromatic N) is 1. The first-order chi connectivity index (χ1) is 8.90. The van der Waals surface area contributed by atoms with Gasteiger partial charge in [-0.1, -0.05) is 36.4 Å². The molecule has 1 aliphatic heterocycles. The van der Waals surface area contributed by atoms with Crippen LogP contribution in [0.5, 0.6) is 0 Å². The standard InChI is InChI=1S/C16H23NO/c1-2-16(17-11-13-18-14-12-17)10-6-9-15-7-4-3-5-8-15/h2-5,7-8,16H,1,6,9-14H2. The average molecular weight is 245 g/mol. The quantitative estimate of drug-likeness (QED) is 0.715. The number of aryl methyl sites for hydroxylation is 1. The van der Waals surface area contributed by atoms with Gasteiger partial charge in [0.05, 0.1) is 13.2 Å². The van der Waals surface area contributed by atoms with Crippen LogP contribution in [0.15, 0.2) is 43.0 Å². The van der Waals surface area contributed by atoms with E-state index in [4.69, 9.17) is 4.74 Å². The topological polar surface area (TPSA) is 12.5 Å². The second kappa shape index (κ2) is 7.34. The maximum absolute atomic E-state index is 5.39. The van der Waals surface area contributed by atoms with Crippen LogP contribution in [-0.2, 0) is 11.2 Å². The lowest BCUT2D eigenvalue weighted by atomic mass is 10.0. The van der Waals surface area contributed by atoms with Crippen molar-refractivity contribution in [1.82, 2.24) is 4.90 Å². The third-order valence-electron chi connectivity index (χ3n) is 3.59. The molecule has 0 saturated carbocycles. The van der Waals surface area contributed by atoms with Crippen LogP contribution in [0.3, 0.4) is 0 Å². The molecule has 0 N–H and O–H groups in total. The highest BCUT2D eigenvalue weighted by Gasteiger charge is 2.17. The van der Waals surface area contributed by atoms with Gasteiger partial charge in [-0.15, -0.1) is 6.58 Å². The van der Waals surface area contributed by atoms with Crippen LogP contribution >= 0.6 is 0 Å². The van der Waals surface area contributed by atoms with Gasteiger partial charge in [0.1, 0.15) is 0 Å². The molecular weight excluding hydrogens is 222 g/mol. The van der Waals surface area contributed by atoms with Gasteiger partial charge in [-0.05, 0) is 24.8 Å². The summed E-state index contributed by atoms with van der Waals surface area (Å²) in [4.78, 5) is 2.49. The lowest BCUT2D eigenvalue weighted by Gasteiger charge is -2.32. The molecule has 98 valence electrons. The smallest absolute Gasteiger partial charge is 0.0594 e. The summed E-state index contributed by atoms with van der Waals surface area (Å²) in [6, 6.07) is 11.2. The van der Waals surface area contributed by atoms with E-state index in [0.29, 0.717) is 6.04 Å². The number of benzene rings is 1. The van der Waals surface area contributed by atoms with Crippen LogP contribution < -0.4 is 0 Å². The third-order valence-corrected chi connectivity index (χ3v) is 3.59. The predicted octanol–water partition coefficient (Wildman–Crippen LogP) is 2.90. The van der Waals surface area contributed by atoms with Crippen molar-refractivity contribution in [2.24, 2.45) is 0 Å². The molecule has 2 heteroatoms. The molecule has 0 amide bonds. The SMILES string of the molecule is C=CC(CCCc1ccccc1)N1CCOCC1. The highest BCUT2D eigenvalue weighted by atomic mass is 16.5. The molecule has 1 fully saturated rings. The van der Waals surface area contributed by atoms with Gasteiger partial charge in [-0.2, -0.15) is 0 Å². The van der Waals surface area contributed by atoms with Gasteiger partial charge < -0.3 is 4.74 Å². The summed E-state index contributed by atoms with van der Waals surface area (Å²) in [5, 5.41) is 0. The second-order valence-corrected chi connectivity index (χ2v) is 4.83. The summed E-state index contributed by atoms with van der Waals surface area (Å²) in [7, 11) is 0. The summed E-state index contributed by atoms with van der Waals surface area (Å²) in [6.07, 6.45) is 5.67. The molecule has 1 aromatic carbocycles. The minimum atomic E-state index is 0.512. The normalized spacial score (nSPS) is 18.4. The predicted molar refractivity (Wildman–Crippen MR) is 75.8 cm³/mol. The molecule has 1 aliphatic rings. The number of ether oxygens (including phenoxy) is 1. The molecule has 2 rings (SSSR count). The largest absolute Gasteiger partial charge is 0.379 e. The molecule has 0 spiro atoms. The van der Waals surface area contributed by atoms with Crippen molar-refractivity contribution in [3.05, 3.63) is 48.6 Å². The Morgan fingerprint density at radius 2 is 1.94 bits per heavy atom. The lowest BCUT2D eigenvalue weighted by molar-refractivity contribution is 0.0239. The fraction of sp³-hybridized carbons (Fsp3) is 0.500. The Morgan fingerprint density at radius 3 is 2.61 bits per heavy atom. The molecule has 18 heavy (non-hydrogen) atoms. The van der Waals surface area contributed by atoms with E-state index < -0.39 is 0 Å². The van der Waals surface area contributed by atoms with Crippen molar-refractivity contribution in [2.45, 2.75) is 25.3 Å². The molecule has 0 aliphatic carbocycles. The Kier molecular flexibility index (Phi) is 5.43. The lowest BCUT2D eigenvalue weighted by Crippen LogP contribution is -2.42. The summed E-state index contributed by atoms with van der Waals surface area (Å²) in [5.41, 5.74) is 1.43. The van der Waals surface area contributed by atoms with Gasteiger partial charge in [0.2, 0.25) is 0 Å². The van der Waals surface area contributed by atoms with Crippen LogP contribution in [-0.4, -0.2) is 37.2 Å². The van der Waals surface area contributed by atoms with Gasteiger partial charge in [0.15, 0.2) is 0 Å². The van der Waals surface area contributed by atoms with Gasteiger partial charge in [-0.25, -0.2) is 0 Å². The fourth-order valence-electron chi connectivity index (χ4n) is 2.52. The zero-order valence-electron chi connectivity index (χ0n) is 11.1. The molecule has 1 saturated heterocycles. The second-order valence-electron chi connectivity index (χ2n) is 4.83. The Balaban J connectivity index is 1.75. The van der Waals surface area contributed by atoms with Crippen molar-refractivity contribution in [2.75, 3.05) is 26.3 Å². The van der Waals surface area contributed by atoms with Gasteiger partial charge >= 0.3 is 0 Å². The van der Waals surface area contributed by atoms with Crippen LogP contribution in [0.25, 0.3) is 0 Å². The summed E-state index contributed by atoms with van der Waals surface area (Å²) >= 11 is 0. The van der Waals surface area contributed by atoms with Gasteiger partial charge in [0, 0.05) is 19.1 Å². The number of hydrogen-bond donors (Lipinski definition) is 0. The Hall–Kier alpha value is -1.12. The fourth-order valence-corrected chi connectivity index (χ4v) is 2.52. The molecule has 0 radical (unpaired) electrons. The molecule has 1 aromatic rings. The Morgan fingerprint density at radius 1 is 1.22 bits per heavy atom. The summed E-state index contributed by atoms with van der Waals surface area (Å²) < 4.78 is 5.39. The van der Waals surface area contributed by atoms with Crippen LogP contribution in [0.1, 0.15) is 18.4 Å². The first-order valence-electron chi connectivity index (χ1n) is 6.88. The van der Waals surface area contributed by atoms with Gasteiger partial charge in [-0.3, -0.25) is 4.90 Å². The number of morpholine rings is 1. The van der Waals surface area contributed by atoms with E-state index in [2.05, 4.69) is 47.9 Å². The molecule has 1 atom stereocenters. The van der Waals surface area contributed by atoms with Crippen molar-refractivity contribution in [1.29, 1.82) is 0 Å². The highest BCUT2D eigenvalue weighted by molar-refractivity contribution is 5.14. The van der Waals surface area contributed by atoms with E-state index in [-0.39, 0.29) is 0 Å². The first-order valence-corrected chi connectivity index (χ1v) is 6.88. The molecule has 1 unspecified atom stereocenters. The van der Waals surface area contributed by atoms with E-state index >= 15 is 0 Å². The number of rotatable bonds is 6. The van der Waals surface area contributed by atoms with E-state index in [1.165, 1.54) is 18.4 Å². The van der Waals surface area contributed by atoms with Crippen molar-refractivity contribution < 1.29 is 4.74 Å². The molecule has 1 heterocycles. The first kappa shape index (κ1) is 13.3. The van der Waals surface area contributed by atoms with E-state index in [9.17, 15) is 0 Å². The zero-order chi connectivity index (χ0) is 12.6. The maximum Gasteiger partial charge on any atom is 0.0594 e. The highest BCUT2D eigenvalue weighted by Crippen LogP contribution is 2.13. The molecule has 2 nitrogen and oxygen atoms in total. The zero-order valence-corrected chi connectivity index (χ0v) is 11.1. The minimum absolute atomic E-state index is 0.512. The third kappa shape index (κ3) is 3.97. The minimum Gasteiger partial charge on any atom is -0.379 e. The van der Waals surface area contributed by atoms with E-state index in [0.717, 1.165) is 32.7 Å². The molecular formula is C16H23NO. The van der Waals surface area contributed by atoms with Crippen molar-refractivity contribution in [3.63, 3.8) is 0 Å².